The van der Waals surface area contributed by atoms with Crippen LogP contribution in [0, 0.1) is 12.3 Å². The van der Waals surface area contributed by atoms with Gasteiger partial charge in [-0.1, -0.05) is 0 Å². The number of hydrogen-bond acceptors (Lipinski definition) is 4. The third-order valence-electron chi connectivity index (χ3n) is 2.21. The molecule has 2 aromatic rings. The Balaban J connectivity index is 2.27. The number of rotatable bonds is 3. The molecule has 2 rings (SSSR count). The smallest absolute Gasteiger partial charge is 0.221 e. The second-order valence-electron chi connectivity index (χ2n) is 3.65. The fraction of sp³-hybridized carbons (Fsp3) is 0.182. The third-order valence-corrected chi connectivity index (χ3v) is 2.21. The number of nitrogens with zero attached hydrogens (tertiary/aromatic N) is 3. The van der Waals surface area contributed by atoms with Crippen molar-refractivity contribution in [2.75, 3.05) is 0 Å². The summed E-state index contributed by atoms with van der Waals surface area (Å²) < 4.78 is 7.18. The molecule has 3 N–H and O–H groups in total. The van der Waals surface area contributed by atoms with Crippen molar-refractivity contribution in [1.29, 1.82) is 5.41 Å². The number of aryl methyl sites for hydroxylation is 2. The Kier molecular flexibility index (Phi) is 2.78. The lowest BCUT2D eigenvalue weighted by Gasteiger charge is -2.05. The SMILES string of the molecule is Cc1cc(Oc2cc(C(=N)N)ccn2)n(C)n1. The van der Waals surface area contributed by atoms with Crippen molar-refractivity contribution in [3.8, 4) is 11.8 Å². The fourth-order valence-corrected chi connectivity index (χ4v) is 1.42. The monoisotopic (exact) mass is 231 g/mol. The van der Waals surface area contributed by atoms with Crippen LogP contribution >= 0.6 is 0 Å². The highest BCUT2D eigenvalue weighted by Crippen LogP contribution is 2.19. The molecule has 17 heavy (non-hydrogen) atoms. The predicted molar refractivity (Wildman–Crippen MR) is 63.3 cm³/mol. The topological polar surface area (TPSA) is 89.8 Å². The summed E-state index contributed by atoms with van der Waals surface area (Å²) in [6.45, 7) is 1.88. The Morgan fingerprint density at radius 1 is 1.47 bits per heavy atom. The van der Waals surface area contributed by atoms with Crippen LogP contribution in [0.2, 0.25) is 0 Å². The van der Waals surface area contributed by atoms with E-state index in [9.17, 15) is 0 Å². The van der Waals surface area contributed by atoms with Crippen molar-refractivity contribution in [3.05, 3.63) is 35.7 Å². The van der Waals surface area contributed by atoms with Gasteiger partial charge in [-0.2, -0.15) is 5.10 Å². The second-order valence-corrected chi connectivity index (χ2v) is 3.65. The van der Waals surface area contributed by atoms with Crippen LogP contribution in [-0.4, -0.2) is 20.6 Å². The molecule has 6 heteroatoms. The van der Waals surface area contributed by atoms with Gasteiger partial charge >= 0.3 is 0 Å². The van der Waals surface area contributed by atoms with Crippen molar-refractivity contribution in [2.45, 2.75) is 6.92 Å². The maximum absolute atomic E-state index is 7.34. The maximum atomic E-state index is 7.34. The molecule has 0 aliphatic carbocycles. The zero-order valence-electron chi connectivity index (χ0n) is 9.64. The van der Waals surface area contributed by atoms with E-state index in [1.807, 2.05) is 13.0 Å². The molecule has 0 radical (unpaired) electrons. The third kappa shape index (κ3) is 2.41. The van der Waals surface area contributed by atoms with Crippen molar-refractivity contribution < 1.29 is 4.74 Å². The minimum atomic E-state index is -0.0153. The Morgan fingerprint density at radius 2 is 2.24 bits per heavy atom. The van der Waals surface area contributed by atoms with E-state index in [2.05, 4.69) is 10.1 Å². The highest BCUT2D eigenvalue weighted by atomic mass is 16.5. The molecule has 0 spiro atoms. The molecule has 0 amide bonds. The van der Waals surface area contributed by atoms with E-state index in [-0.39, 0.29) is 5.84 Å². The number of aromatic nitrogens is 3. The Labute approximate surface area is 98.5 Å². The second kappa shape index (κ2) is 4.25. The molecule has 2 aromatic heterocycles. The number of pyridine rings is 1. The lowest BCUT2D eigenvalue weighted by molar-refractivity contribution is 0.415. The van der Waals surface area contributed by atoms with Crippen LogP contribution in [0.1, 0.15) is 11.3 Å². The van der Waals surface area contributed by atoms with Gasteiger partial charge in [0.2, 0.25) is 11.8 Å². The summed E-state index contributed by atoms with van der Waals surface area (Å²) in [7, 11) is 1.79. The summed E-state index contributed by atoms with van der Waals surface area (Å²) in [6.07, 6.45) is 1.55. The van der Waals surface area contributed by atoms with Crippen LogP contribution in [0.5, 0.6) is 11.8 Å². The zero-order valence-corrected chi connectivity index (χ0v) is 9.64. The molecule has 0 unspecified atom stereocenters. The van der Waals surface area contributed by atoms with E-state index < -0.39 is 0 Å². The van der Waals surface area contributed by atoms with Gasteiger partial charge in [-0.25, -0.2) is 9.67 Å². The number of amidine groups is 1. The highest BCUT2D eigenvalue weighted by Gasteiger charge is 2.06. The first-order chi connectivity index (χ1) is 8.06. The van der Waals surface area contributed by atoms with Gasteiger partial charge in [0.05, 0.1) is 5.69 Å². The number of ether oxygens (including phenoxy) is 1. The van der Waals surface area contributed by atoms with Gasteiger partial charge in [-0.3, -0.25) is 5.41 Å². The summed E-state index contributed by atoms with van der Waals surface area (Å²) in [5.74, 6) is 0.967. The minimum absolute atomic E-state index is 0.0153. The first kappa shape index (κ1) is 11.1. The predicted octanol–water partition coefficient (Wildman–Crippen LogP) is 1.20. The summed E-state index contributed by atoms with van der Waals surface area (Å²) in [5.41, 5.74) is 6.84. The van der Waals surface area contributed by atoms with Crippen LogP contribution in [0.4, 0.5) is 0 Å². The molecular weight excluding hydrogens is 218 g/mol. The van der Waals surface area contributed by atoms with Crippen LogP contribution < -0.4 is 10.5 Å². The first-order valence-corrected chi connectivity index (χ1v) is 5.05. The van der Waals surface area contributed by atoms with E-state index in [0.717, 1.165) is 5.69 Å². The molecule has 0 aliphatic rings. The number of nitrogens with two attached hydrogens (primary N) is 1. The van der Waals surface area contributed by atoms with Gasteiger partial charge in [0.15, 0.2) is 0 Å². The molecule has 0 atom stereocenters. The Hall–Kier alpha value is -2.37. The van der Waals surface area contributed by atoms with Gasteiger partial charge in [-0.15, -0.1) is 0 Å². The molecule has 0 aliphatic heterocycles. The molecule has 0 saturated heterocycles. The number of hydrogen-bond donors (Lipinski definition) is 2. The molecule has 6 nitrogen and oxygen atoms in total. The van der Waals surface area contributed by atoms with Crippen molar-refractivity contribution >= 4 is 5.84 Å². The average molecular weight is 231 g/mol. The van der Waals surface area contributed by atoms with Gasteiger partial charge in [-0.05, 0) is 13.0 Å². The lowest BCUT2D eigenvalue weighted by Crippen LogP contribution is -2.11. The van der Waals surface area contributed by atoms with Crippen LogP contribution in [0.25, 0.3) is 0 Å². The van der Waals surface area contributed by atoms with E-state index in [1.54, 1.807) is 30.1 Å². The van der Waals surface area contributed by atoms with Gasteiger partial charge in [0.1, 0.15) is 5.84 Å². The van der Waals surface area contributed by atoms with Crippen molar-refractivity contribution in [2.24, 2.45) is 12.8 Å². The van der Waals surface area contributed by atoms with Gasteiger partial charge in [0.25, 0.3) is 0 Å². The summed E-state index contributed by atoms with van der Waals surface area (Å²) >= 11 is 0. The maximum Gasteiger partial charge on any atom is 0.221 e. The Bertz CT molecular complexity index is 561. The molecular formula is C11H13N5O. The fourth-order valence-electron chi connectivity index (χ4n) is 1.42. The number of nitrogens with one attached hydrogen (secondary N) is 1. The van der Waals surface area contributed by atoms with E-state index >= 15 is 0 Å². The summed E-state index contributed by atoms with van der Waals surface area (Å²) in [5, 5.41) is 11.5. The van der Waals surface area contributed by atoms with Crippen molar-refractivity contribution in [3.63, 3.8) is 0 Å². The first-order valence-electron chi connectivity index (χ1n) is 5.05. The number of nitrogen functional groups attached to an aromatic ring is 1. The molecule has 0 bridgehead atoms. The minimum Gasteiger partial charge on any atom is -0.421 e. The van der Waals surface area contributed by atoms with Crippen molar-refractivity contribution in [1.82, 2.24) is 14.8 Å². The molecule has 88 valence electrons. The normalized spacial score (nSPS) is 10.2. The molecule has 0 aromatic carbocycles. The van der Waals surface area contributed by atoms with Crippen LogP contribution in [0.3, 0.4) is 0 Å². The summed E-state index contributed by atoms with van der Waals surface area (Å²) in [6, 6.07) is 5.08. The van der Waals surface area contributed by atoms with Gasteiger partial charge < -0.3 is 10.5 Å². The highest BCUT2D eigenvalue weighted by molar-refractivity contribution is 5.95. The molecule has 0 fully saturated rings. The molecule has 2 heterocycles. The standard InChI is InChI=1S/C11H13N5O/c1-7-5-10(16(2)15-7)17-9-6-8(11(12)13)3-4-14-9/h3-6H,1-2H3,(H3,12,13). The Morgan fingerprint density at radius 3 is 2.82 bits per heavy atom. The molecule has 0 saturated carbocycles. The van der Waals surface area contributed by atoms with E-state index in [0.29, 0.717) is 17.3 Å². The average Bonchev–Trinajstić information content (AvgIpc) is 2.58. The van der Waals surface area contributed by atoms with Gasteiger partial charge in [0, 0.05) is 30.9 Å². The van der Waals surface area contributed by atoms with E-state index in [1.165, 1.54) is 0 Å². The quantitative estimate of drug-likeness (QED) is 0.613. The van der Waals surface area contributed by atoms with E-state index in [4.69, 9.17) is 15.9 Å². The largest absolute Gasteiger partial charge is 0.421 e. The van der Waals surface area contributed by atoms with Crippen LogP contribution in [-0.2, 0) is 7.05 Å². The zero-order chi connectivity index (χ0) is 12.4. The van der Waals surface area contributed by atoms with Crippen LogP contribution in [0.15, 0.2) is 24.4 Å². The lowest BCUT2D eigenvalue weighted by atomic mass is 10.2. The summed E-state index contributed by atoms with van der Waals surface area (Å²) in [4.78, 5) is 4.05.